The second-order valence-corrected chi connectivity index (χ2v) is 7.79. The molecule has 1 aliphatic heterocycles. The van der Waals surface area contributed by atoms with Crippen molar-refractivity contribution in [2.75, 3.05) is 6.54 Å². The van der Waals surface area contributed by atoms with Gasteiger partial charge >= 0.3 is 5.97 Å². The lowest BCUT2D eigenvalue weighted by molar-refractivity contribution is -0.145. The van der Waals surface area contributed by atoms with E-state index in [-0.39, 0.29) is 6.04 Å². The second kappa shape index (κ2) is 7.04. The zero-order valence-electron chi connectivity index (χ0n) is 13.0. The Balaban J connectivity index is 2.05. The van der Waals surface area contributed by atoms with Crippen LogP contribution in [0.5, 0.6) is 0 Å². The number of aliphatic carboxylic acids is 1. The van der Waals surface area contributed by atoms with Gasteiger partial charge in [-0.2, -0.15) is 0 Å². The van der Waals surface area contributed by atoms with E-state index in [1.54, 1.807) is 0 Å². The van der Waals surface area contributed by atoms with E-state index < -0.39 is 12.0 Å². The van der Waals surface area contributed by atoms with E-state index in [4.69, 9.17) is 11.6 Å². The van der Waals surface area contributed by atoms with E-state index in [0.29, 0.717) is 6.42 Å². The number of hydrogen-bond donors (Lipinski definition) is 1. The molecule has 1 aliphatic rings. The molecular weight excluding hydrogens is 330 g/mol. The molecule has 1 N–H and O–H groups in total. The largest absolute Gasteiger partial charge is 0.480 e. The van der Waals surface area contributed by atoms with Crippen LogP contribution in [0.3, 0.4) is 0 Å². The van der Waals surface area contributed by atoms with Gasteiger partial charge in [0.25, 0.3) is 0 Å². The number of hydrogen-bond acceptors (Lipinski definition) is 3. The Bertz CT molecular complexity index is 700. The van der Waals surface area contributed by atoms with Crippen LogP contribution in [0.15, 0.2) is 36.4 Å². The van der Waals surface area contributed by atoms with Crippen molar-refractivity contribution in [3.8, 4) is 0 Å². The number of benzene rings is 1. The fourth-order valence-electron chi connectivity index (χ4n) is 3.36. The third-order valence-corrected chi connectivity index (χ3v) is 5.67. The van der Waals surface area contributed by atoms with Gasteiger partial charge in [0.15, 0.2) is 0 Å². The van der Waals surface area contributed by atoms with Crippen molar-refractivity contribution in [3.63, 3.8) is 0 Å². The highest BCUT2D eigenvalue weighted by molar-refractivity contribution is 7.16. The molecule has 5 heteroatoms. The molecule has 2 aromatic rings. The molecule has 3 rings (SSSR count). The van der Waals surface area contributed by atoms with Crippen molar-refractivity contribution in [2.24, 2.45) is 0 Å². The van der Waals surface area contributed by atoms with Crippen molar-refractivity contribution in [2.45, 2.75) is 38.3 Å². The third kappa shape index (κ3) is 3.60. The minimum atomic E-state index is -0.731. The molecular formula is C18H20ClNO2S. The quantitative estimate of drug-likeness (QED) is 0.866. The highest BCUT2D eigenvalue weighted by Gasteiger charge is 2.35. The molecule has 3 nitrogen and oxygen atoms in total. The summed E-state index contributed by atoms with van der Waals surface area (Å²) in [5.41, 5.74) is 2.32. The Morgan fingerprint density at radius 2 is 2.17 bits per heavy atom. The van der Waals surface area contributed by atoms with Crippen LogP contribution in [-0.2, 0) is 4.79 Å². The van der Waals surface area contributed by atoms with Gasteiger partial charge in [-0.3, -0.25) is 9.69 Å². The molecule has 2 unspecified atom stereocenters. The minimum absolute atomic E-state index is 0.0474. The zero-order chi connectivity index (χ0) is 16.4. The van der Waals surface area contributed by atoms with Crippen LogP contribution in [-0.4, -0.2) is 28.6 Å². The van der Waals surface area contributed by atoms with Gasteiger partial charge in [-0.25, -0.2) is 0 Å². The summed E-state index contributed by atoms with van der Waals surface area (Å²) in [5.74, 6) is -0.731. The third-order valence-electron chi connectivity index (χ3n) is 4.38. The Morgan fingerprint density at radius 3 is 2.83 bits per heavy atom. The Hall–Kier alpha value is -1.36. The fourth-order valence-corrected chi connectivity index (χ4v) is 4.57. The molecule has 0 spiro atoms. The Kier molecular flexibility index (Phi) is 5.05. The van der Waals surface area contributed by atoms with Crippen LogP contribution in [0.2, 0.25) is 4.34 Å². The molecule has 23 heavy (non-hydrogen) atoms. The van der Waals surface area contributed by atoms with Crippen molar-refractivity contribution in [3.05, 3.63) is 56.7 Å². The maximum Gasteiger partial charge on any atom is 0.320 e. The summed E-state index contributed by atoms with van der Waals surface area (Å²) in [5, 5.41) is 9.65. The van der Waals surface area contributed by atoms with E-state index in [0.717, 1.165) is 34.2 Å². The summed E-state index contributed by atoms with van der Waals surface area (Å²) in [7, 11) is 0. The lowest BCUT2D eigenvalue weighted by Crippen LogP contribution is -2.46. The average molecular weight is 350 g/mol. The number of likely N-dealkylation sites (tertiary alicyclic amines) is 1. The highest BCUT2D eigenvalue weighted by Crippen LogP contribution is 2.38. The zero-order valence-corrected chi connectivity index (χ0v) is 14.6. The molecule has 122 valence electrons. The van der Waals surface area contributed by atoms with Crippen molar-refractivity contribution < 1.29 is 9.90 Å². The maximum absolute atomic E-state index is 11.7. The number of piperidine rings is 1. The van der Waals surface area contributed by atoms with Gasteiger partial charge in [0.2, 0.25) is 0 Å². The number of carbonyl (C=O) groups is 1. The van der Waals surface area contributed by atoms with Crippen molar-refractivity contribution in [1.29, 1.82) is 0 Å². The van der Waals surface area contributed by atoms with Crippen LogP contribution in [0, 0.1) is 6.92 Å². The lowest BCUT2D eigenvalue weighted by Gasteiger charge is -2.39. The first-order valence-electron chi connectivity index (χ1n) is 7.86. The van der Waals surface area contributed by atoms with Crippen LogP contribution in [0.1, 0.15) is 41.3 Å². The highest BCUT2D eigenvalue weighted by atomic mass is 35.5. The molecule has 0 bridgehead atoms. The van der Waals surface area contributed by atoms with Gasteiger partial charge in [-0.15, -0.1) is 11.3 Å². The summed E-state index contributed by atoms with van der Waals surface area (Å²) in [6, 6.07) is 11.8. The van der Waals surface area contributed by atoms with Gasteiger partial charge in [0.05, 0.1) is 10.4 Å². The summed E-state index contributed by atoms with van der Waals surface area (Å²) >= 11 is 7.68. The number of nitrogens with zero attached hydrogens (tertiary/aromatic N) is 1. The van der Waals surface area contributed by atoms with Crippen molar-refractivity contribution in [1.82, 2.24) is 4.90 Å². The normalized spacial score (nSPS) is 20.3. The SMILES string of the molecule is Cc1cccc(C(c2ccc(Cl)s2)N2CCCCC2C(=O)O)c1. The molecule has 1 saturated heterocycles. The van der Waals surface area contributed by atoms with Gasteiger partial charge in [-0.05, 0) is 44.0 Å². The van der Waals surface area contributed by atoms with Gasteiger partial charge in [0.1, 0.15) is 6.04 Å². The molecule has 0 aliphatic carbocycles. The van der Waals surface area contributed by atoms with E-state index in [9.17, 15) is 9.90 Å². The monoisotopic (exact) mass is 349 g/mol. The maximum atomic E-state index is 11.7. The van der Waals surface area contributed by atoms with Crippen LogP contribution in [0.4, 0.5) is 0 Å². The first kappa shape index (κ1) is 16.5. The van der Waals surface area contributed by atoms with Gasteiger partial charge in [-0.1, -0.05) is 47.9 Å². The molecule has 0 saturated carbocycles. The predicted octanol–water partition coefficient (Wildman–Crippen LogP) is 4.74. The first-order chi connectivity index (χ1) is 11.1. The number of carboxylic acids is 1. The lowest BCUT2D eigenvalue weighted by atomic mass is 9.94. The Morgan fingerprint density at radius 1 is 1.35 bits per heavy atom. The molecule has 1 aromatic carbocycles. The molecule has 2 atom stereocenters. The summed E-state index contributed by atoms with van der Waals surface area (Å²) in [4.78, 5) is 15.0. The second-order valence-electron chi connectivity index (χ2n) is 6.05. The molecule has 0 amide bonds. The first-order valence-corrected chi connectivity index (χ1v) is 9.06. The van der Waals surface area contributed by atoms with E-state index in [1.807, 2.05) is 18.2 Å². The smallest absolute Gasteiger partial charge is 0.320 e. The fraction of sp³-hybridized carbons (Fsp3) is 0.389. The molecule has 1 aromatic heterocycles. The summed E-state index contributed by atoms with van der Waals surface area (Å²) < 4.78 is 0.738. The number of rotatable bonds is 4. The molecule has 0 radical (unpaired) electrons. The number of carboxylic acid groups (broad SMARTS) is 1. The minimum Gasteiger partial charge on any atom is -0.480 e. The van der Waals surface area contributed by atoms with Gasteiger partial charge < -0.3 is 5.11 Å². The van der Waals surface area contributed by atoms with Crippen LogP contribution < -0.4 is 0 Å². The Labute approximate surface area is 145 Å². The average Bonchev–Trinajstić information content (AvgIpc) is 2.94. The van der Waals surface area contributed by atoms with Crippen LogP contribution in [0.25, 0.3) is 0 Å². The molecule has 2 heterocycles. The summed E-state index contributed by atoms with van der Waals surface area (Å²) in [6.07, 6.45) is 2.71. The van der Waals surface area contributed by atoms with Gasteiger partial charge in [0, 0.05) is 4.88 Å². The standard InChI is InChI=1S/C18H20ClNO2S/c1-12-5-4-6-13(11-12)17(15-8-9-16(19)23-15)20-10-3-2-7-14(20)18(21)22/h4-6,8-9,11,14,17H,2-3,7,10H2,1H3,(H,21,22). The van der Waals surface area contributed by atoms with Crippen LogP contribution >= 0.6 is 22.9 Å². The molecule has 1 fully saturated rings. The van der Waals surface area contributed by atoms with E-state index in [1.165, 1.54) is 16.9 Å². The van der Waals surface area contributed by atoms with E-state index in [2.05, 4.69) is 30.0 Å². The van der Waals surface area contributed by atoms with E-state index >= 15 is 0 Å². The number of thiophene rings is 1. The number of halogens is 1. The van der Waals surface area contributed by atoms with Crippen molar-refractivity contribution >= 4 is 28.9 Å². The topological polar surface area (TPSA) is 40.5 Å². The predicted molar refractivity (Wildman–Crippen MR) is 94.3 cm³/mol. The number of aryl methyl sites for hydroxylation is 1. The summed E-state index contributed by atoms with van der Waals surface area (Å²) in [6.45, 7) is 2.86.